The summed E-state index contributed by atoms with van der Waals surface area (Å²) in [4.78, 5) is 2.47. The van der Waals surface area contributed by atoms with Gasteiger partial charge in [0, 0.05) is 82.0 Å². The molecule has 80 heavy (non-hydrogen) atoms. The zero-order chi connectivity index (χ0) is 53.3. The van der Waals surface area contributed by atoms with Gasteiger partial charge in [0.1, 0.15) is 44.7 Å². The second-order valence-electron chi connectivity index (χ2n) is 24.3. The zero-order valence-corrected chi connectivity index (χ0v) is 45.1. The van der Waals surface area contributed by atoms with E-state index in [2.05, 4.69) is 228 Å². The van der Waals surface area contributed by atoms with Crippen molar-refractivity contribution < 1.29 is 17.7 Å². The Morgan fingerprint density at radius 1 is 0.275 bits per heavy atom. The van der Waals surface area contributed by atoms with Crippen LogP contribution in [0.25, 0.3) is 132 Å². The molecule has 0 atom stereocenters. The van der Waals surface area contributed by atoms with Gasteiger partial charge in [0.25, 0.3) is 0 Å². The van der Waals surface area contributed by atoms with Crippen LogP contribution in [0.1, 0.15) is 74.9 Å². The summed E-state index contributed by atoms with van der Waals surface area (Å²) in [6.45, 7) is 14.4. The summed E-state index contributed by atoms with van der Waals surface area (Å²) in [5, 5.41) is 9.06. The first kappa shape index (κ1) is 44.4. The normalized spacial score (nSPS) is 15.2. The van der Waals surface area contributed by atoms with Crippen LogP contribution < -0.4 is 4.90 Å². The van der Waals surface area contributed by atoms with E-state index in [4.69, 9.17) is 17.7 Å². The number of anilines is 3. The molecule has 4 aromatic heterocycles. The van der Waals surface area contributed by atoms with Crippen molar-refractivity contribution in [1.29, 1.82) is 0 Å². The average molecular weight is 1030 g/mol. The first-order valence-corrected chi connectivity index (χ1v) is 28.0. The highest BCUT2D eigenvalue weighted by Crippen LogP contribution is 2.60. The number of benzene rings is 11. The lowest BCUT2D eigenvalue weighted by Gasteiger charge is -2.30. The van der Waals surface area contributed by atoms with Gasteiger partial charge in [-0.15, -0.1) is 0 Å². The number of fused-ring (bicyclic) bond motifs is 23. The van der Waals surface area contributed by atoms with Gasteiger partial charge in [-0.1, -0.05) is 139 Å². The summed E-state index contributed by atoms with van der Waals surface area (Å²) in [7, 11) is 0. The molecular formula is C75H51NO4. The maximum absolute atomic E-state index is 6.96. The molecule has 0 unspecified atom stereocenters. The first-order chi connectivity index (χ1) is 38.9. The zero-order valence-electron chi connectivity index (χ0n) is 45.1. The maximum Gasteiger partial charge on any atom is 0.143 e. The maximum atomic E-state index is 6.96. The Kier molecular flexibility index (Phi) is 8.30. The SMILES string of the molecule is CC1(C)c2cc(N(c3ccc4c(c3)C(C)(C)c3cc(-c5ccc6c(c5)oc5ccccc56)c5oc6ccccc6c5c3-4)c3ccc4oc5ccccc5c4c3)ccc2-c2cc3c(cc21)-c1c(ccc2oc4ccccc4c12)C3(C)C. The summed E-state index contributed by atoms with van der Waals surface area (Å²) >= 11 is 0. The Labute approximate surface area is 460 Å². The molecular weight excluding hydrogens is 979 g/mol. The summed E-state index contributed by atoms with van der Waals surface area (Å²) in [6.07, 6.45) is 0. The molecule has 0 radical (unpaired) electrons. The van der Waals surface area contributed by atoms with Crippen molar-refractivity contribution in [1.82, 2.24) is 0 Å². The van der Waals surface area contributed by atoms with Gasteiger partial charge in [0.05, 0.1) is 0 Å². The van der Waals surface area contributed by atoms with Crippen molar-refractivity contribution in [3.05, 3.63) is 234 Å². The molecule has 18 rings (SSSR count). The van der Waals surface area contributed by atoms with Crippen molar-refractivity contribution in [3.8, 4) is 44.5 Å². The fourth-order valence-corrected chi connectivity index (χ4v) is 15.0. The van der Waals surface area contributed by atoms with Crippen molar-refractivity contribution in [2.75, 3.05) is 4.90 Å². The third kappa shape index (κ3) is 5.61. The predicted molar refractivity (Wildman–Crippen MR) is 328 cm³/mol. The Balaban J connectivity index is 0.819. The van der Waals surface area contributed by atoms with Gasteiger partial charge in [-0.05, 0) is 175 Å². The molecule has 0 fully saturated rings. The molecule has 0 amide bonds. The molecule has 3 aliphatic rings. The van der Waals surface area contributed by atoms with E-state index in [-0.39, 0.29) is 16.2 Å². The highest BCUT2D eigenvalue weighted by molar-refractivity contribution is 6.20. The fourth-order valence-electron chi connectivity index (χ4n) is 15.0. The summed E-state index contributed by atoms with van der Waals surface area (Å²) in [5.74, 6) is 0. The lowest BCUT2D eigenvalue weighted by molar-refractivity contribution is 0.651. The molecule has 0 spiro atoms. The molecule has 11 aromatic carbocycles. The largest absolute Gasteiger partial charge is 0.456 e. The van der Waals surface area contributed by atoms with Crippen LogP contribution >= 0.6 is 0 Å². The van der Waals surface area contributed by atoms with Crippen molar-refractivity contribution in [2.24, 2.45) is 0 Å². The molecule has 380 valence electrons. The number of furan rings is 4. The molecule has 0 saturated carbocycles. The minimum absolute atomic E-state index is 0.200. The van der Waals surface area contributed by atoms with Crippen molar-refractivity contribution >= 4 is 105 Å². The van der Waals surface area contributed by atoms with E-state index in [1.807, 2.05) is 18.2 Å². The van der Waals surface area contributed by atoms with Crippen molar-refractivity contribution in [2.45, 2.75) is 57.8 Å². The summed E-state index contributed by atoms with van der Waals surface area (Å²) in [6, 6.07) is 73.2. The van der Waals surface area contributed by atoms with Gasteiger partial charge in [-0.3, -0.25) is 0 Å². The third-order valence-corrected chi connectivity index (χ3v) is 19.0. The monoisotopic (exact) mass is 1030 g/mol. The highest BCUT2D eigenvalue weighted by Gasteiger charge is 2.44. The molecule has 4 heterocycles. The lowest BCUT2D eigenvalue weighted by atomic mass is 9.79. The summed E-state index contributed by atoms with van der Waals surface area (Å²) in [5.41, 5.74) is 27.2. The van der Waals surface area contributed by atoms with E-state index in [1.165, 1.54) is 77.5 Å². The molecule has 3 aliphatic carbocycles. The van der Waals surface area contributed by atoms with E-state index >= 15 is 0 Å². The molecule has 0 saturated heterocycles. The second kappa shape index (κ2) is 15.0. The topological polar surface area (TPSA) is 55.8 Å². The average Bonchev–Trinajstić information content (AvgIpc) is 4.46. The quantitative estimate of drug-likeness (QED) is 0.176. The van der Waals surface area contributed by atoms with Gasteiger partial charge in [0.15, 0.2) is 0 Å². The number of rotatable bonds is 4. The second-order valence-corrected chi connectivity index (χ2v) is 24.3. The van der Waals surface area contributed by atoms with Crippen LogP contribution in [0.4, 0.5) is 17.1 Å². The van der Waals surface area contributed by atoms with Gasteiger partial charge in [0.2, 0.25) is 0 Å². The van der Waals surface area contributed by atoms with Crippen LogP contribution in [0.2, 0.25) is 0 Å². The molecule has 5 nitrogen and oxygen atoms in total. The van der Waals surface area contributed by atoms with Crippen LogP contribution in [-0.4, -0.2) is 0 Å². The Hall–Kier alpha value is -9.58. The van der Waals surface area contributed by atoms with E-state index < -0.39 is 0 Å². The standard InChI is InChI=1S/C75H51NO4/c1-73(2)55-30-32-66-70(49-17-9-13-21-63(49)78-66)69(55)54-39-58-52(38-59(54)73)44-28-24-42(35-56(44)74(58,3)4)76(41-26-31-65-53(34-41)46-16-8-12-20-62(46)77-65)43-25-29-48-57(36-43)75(5,6)60-37-51(72-71(68(48)60)50-18-10-14-22-64(50)80-72)40-23-27-47-45-15-7-11-19-61(45)79-67(47)33-40/h7-39H,1-6H3. The van der Waals surface area contributed by atoms with Crippen LogP contribution in [0.5, 0.6) is 0 Å². The molecule has 0 aliphatic heterocycles. The summed E-state index contributed by atoms with van der Waals surface area (Å²) < 4.78 is 26.4. The van der Waals surface area contributed by atoms with Crippen LogP contribution in [0, 0.1) is 0 Å². The molecule has 0 bridgehead atoms. The van der Waals surface area contributed by atoms with Gasteiger partial charge in [-0.25, -0.2) is 0 Å². The van der Waals surface area contributed by atoms with Crippen LogP contribution in [0.3, 0.4) is 0 Å². The first-order valence-electron chi connectivity index (χ1n) is 28.0. The van der Waals surface area contributed by atoms with E-state index in [1.54, 1.807) is 0 Å². The lowest BCUT2D eigenvalue weighted by Crippen LogP contribution is -2.18. The molecule has 5 heteroatoms. The molecule has 15 aromatic rings. The predicted octanol–water partition coefficient (Wildman–Crippen LogP) is 21.3. The Morgan fingerprint density at radius 2 is 0.738 bits per heavy atom. The smallest absolute Gasteiger partial charge is 0.143 e. The minimum Gasteiger partial charge on any atom is -0.456 e. The number of para-hydroxylation sites is 4. The molecule has 0 N–H and O–H groups in total. The minimum atomic E-state index is -0.384. The van der Waals surface area contributed by atoms with E-state index in [9.17, 15) is 0 Å². The fraction of sp³-hybridized carbons (Fsp3) is 0.120. The Morgan fingerprint density at radius 3 is 1.48 bits per heavy atom. The number of hydrogen-bond acceptors (Lipinski definition) is 5. The number of hydrogen-bond donors (Lipinski definition) is 0. The third-order valence-electron chi connectivity index (χ3n) is 19.0. The van der Waals surface area contributed by atoms with Gasteiger partial charge in [-0.2, -0.15) is 0 Å². The highest BCUT2D eigenvalue weighted by atomic mass is 16.3. The number of nitrogens with zero attached hydrogens (tertiary/aromatic N) is 1. The van der Waals surface area contributed by atoms with Crippen LogP contribution in [-0.2, 0) is 16.2 Å². The van der Waals surface area contributed by atoms with E-state index in [0.29, 0.717) is 0 Å². The van der Waals surface area contributed by atoms with Crippen molar-refractivity contribution in [3.63, 3.8) is 0 Å². The van der Waals surface area contributed by atoms with Gasteiger partial charge < -0.3 is 22.6 Å². The van der Waals surface area contributed by atoms with Crippen LogP contribution in [0.15, 0.2) is 218 Å². The Bertz CT molecular complexity index is 5300. The van der Waals surface area contributed by atoms with Gasteiger partial charge >= 0.3 is 0 Å². The van der Waals surface area contributed by atoms with E-state index in [0.717, 1.165) is 105 Å².